The molecular formula is C18H24N2S. The van der Waals surface area contributed by atoms with Gasteiger partial charge in [-0.1, -0.05) is 42.1 Å². The van der Waals surface area contributed by atoms with E-state index in [1.54, 1.807) is 0 Å². The average Bonchev–Trinajstić information content (AvgIpc) is 2.42. The molecule has 0 saturated heterocycles. The molecule has 0 amide bonds. The van der Waals surface area contributed by atoms with Crippen LogP contribution in [0.5, 0.6) is 0 Å². The van der Waals surface area contributed by atoms with Crippen LogP contribution in [0.1, 0.15) is 11.1 Å². The van der Waals surface area contributed by atoms with Crippen LogP contribution < -0.4 is 0 Å². The summed E-state index contributed by atoms with van der Waals surface area (Å²) >= 11 is 1.84. The first-order chi connectivity index (χ1) is 10.0. The summed E-state index contributed by atoms with van der Waals surface area (Å²) in [5.41, 5.74) is 2.73. The van der Waals surface area contributed by atoms with Gasteiger partial charge in [-0.25, -0.2) is 0 Å². The highest BCUT2D eigenvalue weighted by Gasteiger charge is 2.05. The maximum absolute atomic E-state index is 2.22. The maximum atomic E-state index is 2.22. The van der Waals surface area contributed by atoms with Crippen molar-refractivity contribution in [2.24, 2.45) is 0 Å². The van der Waals surface area contributed by atoms with Crippen molar-refractivity contribution < 1.29 is 0 Å². The first-order valence-electron chi connectivity index (χ1n) is 7.19. The van der Waals surface area contributed by atoms with E-state index in [9.17, 15) is 0 Å². The van der Waals surface area contributed by atoms with Gasteiger partial charge in [-0.05, 0) is 57.5 Å². The van der Waals surface area contributed by atoms with Crippen LogP contribution in [-0.2, 0) is 13.1 Å². The molecule has 0 aliphatic carbocycles. The Kier molecular flexibility index (Phi) is 5.85. The number of rotatable bonds is 6. The molecule has 0 aromatic heterocycles. The Morgan fingerprint density at radius 1 is 0.762 bits per heavy atom. The zero-order valence-electron chi connectivity index (χ0n) is 13.3. The lowest BCUT2D eigenvalue weighted by molar-refractivity contribution is 0.399. The third-order valence-corrected chi connectivity index (χ3v) is 4.24. The highest BCUT2D eigenvalue weighted by molar-refractivity contribution is 7.99. The van der Waals surface area contributed by atoms with E-state index in [1.165, 1.54) is 20.9 Å². The average molecular weight is 300 g/mol. The third-order valence-electron chi connectivity index (χ3n) is 3.11. The second kappa shape index (κ2) is 7.64. The molecule has 0 aliphatic heterocycles. The molecule has 0 fully saturated rings. The third kappa shape index (κ3) is 5.20. The molecule has 0 aliphatic rings. The first-order valence-corrected chi connectivity index (χ1v) is 8.00. The van der Waals surface area contributed by atoms with Crippen LogP contribution in [0.4, 0.5) is 0 Å². The summed E-state index contributed by atoms with van der Waals surface area (Å²) in [4.78, 5) is 7.03. The van der Waals surface area contributed by atoms with Crippen molar-refractivity contribution in [1.29, 1.82) is 0 Å². The fourth-order valence-corrected chi connectivity index (χ4v) is 3.17. The molecule has 2 aromatic rings. The van der Waals surface area contributed by atoms with Gasteiger partial charge in [0.2, 0.25) is 0 Å². The van der Waals surface area contributed by atoms with E-state index < -0.39 is 0 Å². The first kappa shape index (κ1) is 16.1. The van der Waals surface area contributed by atoms with Gasteiger partial charge in [-0.2, -0.15) is 0 Å². The molecule has 0 heterocycles. The standard InChI is InChI=1S/C18H24N2S/c1-19(2)13-15-9-11-17(12-10-15)21-18-8-6-5-7-16(18)14-20(3)4/h5-12H,13-14H2,1-4H3. The molecule has 0 bridgehead atoms. The predicted molar refractivity (Wildman–Crippen MR) is 91.8 cm³/mol. The molecule has 3 heteroatoms. The molecule has 0 radical (unpaired) electrons. The van der Waals surface area contributed by atoms with E-state index >= 15 is 0 Å². The fraction of sp³-hybridized carbons (Fsp3) is 0.333. The van der Waals surface area contributed by atoms with Crippen LogP contribution in [0, 0.1) is 0 Å². The molecule has 21 heavy (non-hydrogen) atoms. The van der Waals surface area contributed by atoms with E-state index in [1.807, 2.05) is 11.8 Å². The lowest BCUT2D eigenvalue weighted by atomic mass is 10.2. The lowest BCUT2D eigenvalue weighted by Crippen LogP contribution is -2.11. The minimum absolute atomic E-state index is 0.974. The summed E-state index contributed by atoms with van der Waals surface area (Å²) < 4.78 is 0. The highest BCUT2D eigenvalue weighted by Crippen LogP contribution is 2.31. The molecule has 0 atom stereocenters. The highest BCUT2D eigenvalue weighted by atomic mass is 32.2. The molecule has 2 rings (SSSR count). The van der Waals surface area contributed by atoms with Gasteiger partial charge in [0.15, 0.2) is 0 Å². The van der Waals surface area contributed by atoms with Gasteiger partial charge < -0.3 is 9.80 Å². The molecule has 112 valence electrons. The Bertz CT molecular complexity index is 562. The van der Waals surface area contributed by atoms with E-state index in [-0.39, 0.29) is 0 Å². The fourth-order valence-electron chi connectivity index (χ4n) is 2.23. The zero-order chi connectivity index (χ0) is 15.2. The molecular weight excluding hydrogens is 276 g/mol. The van der Waals surface area contributed by atoms with E-state index in [2.05, 4.69) is 86.5 Å². The Balaban J connectivity index is 2.11. The van der Waals surface area contributed by atoms with Crippen molar-refractivity contribution in [2.45, 2.75) is 22.9 Å². The lowest BCUT2D eigenvalue weighted by Gasteiger charge is -2.14. The summed E-state index contributed by atoms with van der Waals surface area (Å²) in [6.07, 6.45) is 0. The smallest absolute Gasteiger partial charge is 0.0238 e. The van der Waals surface area contributed by atoms with Crippen LogP contribution in [-0.4, -0.2) is 38.0 Å². The van der Waals surface area contributed by atoms with Gasteiger partial charge in [0, 0.05) is 22.9 Å². The molecule has 0 spiro atoms. The number of benzene rings is 2. The number of hydrogen-bond donors (Lipinski definition) is 0. The van der Waals surface area contributed by atoms with Gasteiger partial charge in [-0.15, -0.1) is 0 Å². The Morgan fingerprint density at radius 2 is 1.38 bits per heavy atom. The van der Waals surface area contributed by atoms with Gasteiger partial charge in [-0.3, -0.25) is 0 Å². The van der Waals surface area contributed by atoms with Gasteiger partial charge in [0.05, 0.1) is 0 Å². The van der Waals surface area contributed by atoms with Crippen molar-refractivity contribution in [1.82, 2.24) is 9.80 Å². The predicted octanol–water partition coefficient (Wildman–Crippen LogP) is 3.96. The van der Waals surface area contributed by atoms with Crippen LogP contribution >= 0.6 is 11.8 Å². The maximum Gasteiger partial charge on any atom is 0.0238 e. The normalized spacial score (nSPS) is 11.3. The number of nitrogens with zero attached hydrogens (tertiary/aromatic N) is 2. The Morgan fingerprint density at radius 3 is 2.00 bits per heavy atom. The minimum atomic E-state index is 0.974. The van der Waals surface area contributed by atoms with Crippen molar-refractivity contribution in [3.63, 3.8) is 0 Å². The second-order valence-corrected chi connectivity index (χ2v) is 6.94. The van der Waals surface area contributed by atoms with Crippen molar-refractivity contribution in [3.8, 4) is 0 Å². The van der Waals surface area contributed by atoms with Crippen molar-refractivity contribution in [3.05, 3.63) is 59.7 Å². The zero-order valence-corrected chi connectivity index (χ0v) is 14.2. The molecule has 0 unspecified atom stereocenters. The minimum Gasteiger partial charge on any atom is -0.305 e. The van der Waals surface area contributed by atoms with E-state index in [0.717, 1.165) is 13.1 Å². The van der Waals surface area contributed by atoms with Crippen LogP contribution in [0.2, 0.25) is 0 Å². The summed E-state index contributed by atoms with van der Waals surface area (Å²) in [6, 6.07) is 17.5. The van der Waals surface area contributed by atoms with Crippen LogP contribution in [0.15, 0.2) is 58.3 Å². The van der Waals surface area contributed by atoms with Gasteiger partial charge in [0.1, 0.15) is 0 Å². The van der Waals surface area contributed by atoms with E-state index in [0.29, 0.717) is 0 Å². The summed E-state index contributed by atoms with van der Waals surface area (Å²) in [6.45, 7) is 1.96. The summed E-state index contributed by atoms with van der Waals surface area (Å²) in [5, 5.41) is 0. The van der Waals surface area contributed by atoms with Crippen molar-refractivity contribution in [2.75, 3.05) is 28.2 Å². The van der Waals surface area contributed by atoms with Crippen LogP contribution in [0.25, 0.3) is 0 Å². The summed E-state index contributed by atoms with van der Waals surface area (Å²) in [7, 11) is 8.41. The topological polar surface area (TPSA) is 6.48 Å². The molecule has 0 saturated carbocycles. The number of hydrogen-bond acceptors (Lipinski definition) is 3. The quantitative estimate of drug-likeness (QED) is 0.797. The van der Waals surface area contributed by atoms with E-state index in [4.69, 9.17) is 0 Å². The van der Waals surface area contributed by atoms with Gasteiger partial charge in [0.25, 0.3) is 0 Å². The monoisotopic (exact) mass is 300 g/mol. The van der Waals surface area contributed by atoms with Gasteiger partial charge >= 0.3 is 0 Å². The summed E-state index contributed by atoms with van der Waals surface area (Å²) in [5.74, 6) is 0. The van der Waals surface area contributed by atoms with Crippen LogP contribution in [0.3, 0.4) is 0 Å². The second-order valence-electron chi connectivity index (χ2n) is 5.83. The SMILES string of the molecule is CN(C)Cc1ccc(Sc2ccccc2CN(C)C)cc1. The Hall–Kier alpha value is -1.29. The largest absolute Gasteiger partial charge is 0.305 e. The molecule has 0 N–H and O–H groups in total. The Labute approximate surface area is 132 Å². The van der Waals surface area contributed by atoms with Crippen molar-refractivity contribution >= 4 is 11.8 Å². The molecule has 2 aromatic carbocycles. The molecule has 2 nitrogen and oxygen atoms in total.